The summed E-state index contributed by atoms with van der Waals surface area (Å²) >= 11 is 0. The molecule has 0 saturated heterocycles. The van der Waals surface area contributed by atoms with Crippen LogP contribution in [0.3, 0.4) is 0 Å². The second-order valence-corrected chi connectivity index (χ2v) is 3.64. The van der Waals surface area contributed by atoms with E-state index in [9.17, 15) is 13.2 Å². The Morgan fingerprint density at radius 3 is 2.41 bits per heavy atom. The van der Waals surface area contributed by atoms with Crippen LogP contribution < -0.4 is 10.2 Å². The molecule has 0 aliphatic heterocycles. The zero-order valence-electron chi connectivity index (χ0n) is 10.1. The van der Waals surface area contributed by atoms with E-state index in [1.54, 1.807) is 11.9 Å². The van der Waals surface area contributed by atoms with E-state index in [4.69, 9.17) is 0 Å². The van der Waals surface area contributed by atoms with Gasteiger partial charge < -0.3 is 10.2 Å². The van der Waals surface area contributed by atoms with Gasteiger partial charge in [0.2, 0.25) is 0 Å². The fraction of sp³-hybridized carbons (Fsp3) is 0.545. The fourth-order valence-corrected chi connectivity index (χ4v) is 1.31. The van der Waals surface area contributed by atoms with Gasteiger partial charge >= 0.3 is 6.18 Å². The van der Waals surface area contributed by atoms with Crippen LogP contribution in [0.4, 0.5) is 24.8 Å². The van der Waals surface area contributed by atoms with Crippen LogP contribution in [-0.2, 0) is 6.18 Å². The van der Waals surface area contributed by atoms with Gasteiger partial charge in [0.1, 0.15) is 11.6 Å². The van der Waals surface area contributed by atoms with Crippen LogP contribution in [0.1, 0.15) is 19.4 Å². The smallest absolute Gasteiger partial charge is 0.370 e. The molecule has 0 aliphatic rings. The summed E-state index contributed by atoms with van der Waals surface area (Å²) in [4.78, 5) is 5.78. The first kappa shape index (κ1) is 13.6. The summed E-state index contributed by atoms with van der Waals surface area (Å²) in [5.41, 5.74) is -0.682. The largest absolute Gasteiger partial charge is 0.416 e. The van der Waals surface area contributed by atoms with Crippen molar-refractivity contribution in [2.75, 3.05) is 30.4 Å². The zero-order chi connectivity index (χ0) is 13.1. The summed E-state index contributed by atoms with van der Waals surface area (Å²) in [6.07, 6.45) is -4.35. The van der Waals surface area contributed by atoms with Crippen molar-refractivity contribution in [3.05, 3.63) is 17.7 Å². The van der Waals surface area contributed by atoms with Crippen LogP contribution in [0.15, 0.2) is 12.1 Å². The summed E-state index contributed by atoms with van der Waals surface area (Å²) < 4.78 is 38.0. The number of nitrogens with zero attached hydrogens (tertiary/aromatic N) is 2. The summed E-state index contributed by atoms with van der Waals surface area (Å²) in [6.45, 7) is 4.80. The number of alkyl halides is 3. The van der Waals surface area contributed by atoms with Gasteiger partial charge in [0.15, 0.2) is 0 Å². The van der Waals surface area contributed by atoms with Crippen LogP contribution in [-0.4, -0.2) is 25.1 Å². The minimum atomic E-state index is -4.35. The molecule has 6 heteroatoms. The predicted molar refractivity (Wildman–Crippen MR) is 62.3 cm³/mol. The molecule has 0 unspecified atom stereocenters. The van der Waals surface area contributed by atoms with Crippen LogP contribution in [0.25, 0.3) is 0 Å². The van der Waals surface area contributed by atoms with Crippen LogP contribution in [0.2, 0.25) is 0 Å². The highest BCUT2D eigenvalue weighted by molar-refractivity contribution is 5.50. The van der Waals surface area contributed by atoms with Crippen molar-refractivity contribution in [2.45, 2.75) is 20.0 Å². The monoisotopic (exact) mass is 247 g/mol. The number of rotatable bonds is 4. The second-order valence-electron chi connectivity index (χ2n) is 3.64. The molecule has 1 aromatic heterocycles. The molecule has 0 atom stereocenters. The molecule has 0 amide bonds. The Balaban J connectivity index is 3.18. The third kappa shape index (κ3) is 3.51. The third-order valence-corrected chi connectivity index (χ3v) is 2.36. The number of aromatic nitrogens is 1. The molecule has 0 aliphatic carbocycles. The normalized spacial score (nSPS) is 11.4. The molecule has 1 heterocycles. The highest BCUT2D eigenvalue weighted by atomic mass is 19.4. The molecule has 1 N–H and O–H groups in total. The van der Waals surface area contributed by atoms with Gasteiger partial charge in [-0.3, -0.25) is 0 Å². The van der Waals surface area contributed by atoms with Crippen LogP contribution in [0.5, 0.6) is 0 Å². The highest BCUT2D eigenvalue weighted by Crippen LogP contribution is 2.32. The Morgan fingerprint density at radius 1 is 1.29 bits per heavy atom. The minimum absolute atomic E-state index is 0.248. The SMILES string of the molecule is CCNc1cc(C(F)(F)F)cc(N(C)CC)n1. The number of pyridine rings is 1. The van der Waals surface area contributed by atoms with E-state index in [1.165, 1.54) is 0 Å². The van der Waals surface area contributed by atoms with E-state index in [1.807, 2.05) is 13.8 Å². The first-order chi connectivity index (χ1) is 7.88. The van der Waals surface area contributed by atoms with Crippen molar-refractivity contribution in [1.29, 1.82) is 0 Å². The Bertz CT molecular complexity index is 377. The minimum Gasteiger partial charge on any atom is -0.370 e. The summed E-state index contributed by atoms with van der Waals surface area (Å²) in [6, 6.07) is 2.08. The summed E-state index contributed by atoms with van der Waals surface area (Å²) in [5.74, 6) is 0.566. The maximum atomic E-state index is 12.7. The second kappa shape index (κ2) is 5.25. The van der Waals surface area contributed by atoms with Crippen LogP contribution >= 0.6 is 0 Å². The third-order valence-electron chi connectivity index (χ3n) is 2.36. The van der Waals surface area contributed by atoms with E-state index in [2.05, 4.69) is 10.3 Å². The van der Waals surface area contributed by atoms with Gasteiger partial charge in [-0.1, -0.05) is 0 Å². The van der Waals surface area contributed by atoms with Crippen molar-refractivity contribution in [1.82, 2.24) is 4.98 Å². The Labute approximate surface area is 98.6 Å². The molecule has 0 aromatic carbocycles. The van der Waals surface area contributed by atoms with E-state index in [0.717, 1.165) is 12.1 Å². The lowest BCUT2D eigenvalue weighted by Crippen LogP contribution is -2.19. The van der Waals surface area contributed by atoms with Gasteiger partial charge in [-0.05, 0) is 26.0 Å². The van der Waals surface area contributed by atoms with Gasteiger partial charge in [-0.2, -0.15) is 13.2 Å². The zero-order valence-corrected chi connectivity index (χ0v) is 10.1. The number of hydrogen-bond donors (Lipinski definition) is 1. The molecule has 0 spiro atoms. The molecule has 0 fully saturated rings. The summed E-state index contributed by atoms with van der Waals surface area (Å²) in [5, 5.41) is 2.80. The lowest BCUT2D eigenvalue weighted by atomic mass is 10.2. The average molecular weight is 247 g/mol. The molecule has 0 bridgehead atoms. The lowest BCUT2D eigenvalue weighted by Gasteiger charge is -2.19. The lowest BCUT2D eigenvalue weighted by molar-refractivity contribution is -0.137. The molecule has 1 aromatic rings. The quantitative estimate of drug-likeness (QED) is 0.886. The molecule has 17 heavy (non-hydrogen) atoms. The van der Waals surface area contributed by atoms with Crippen molar-refractivity contribution in [2.24, 2.45) is 0 Å². The summed E-state index contributed by atoms with van der Waals surface area (Å²) in [7, 11) is 1.71. The van der Waals surface area contributed by atoms with Gasteiger partial charge in [-0.25, -0.2) is 4.98 Å². The Morgan fingerprint density at radius 2 is 1.94 bits per heavy atom. The van der Waals surface area contributed by atoms with Crippen LogP contribution in [0, 0.1) is 0 Å². The number of nitrogens with one attached hydrogen (secondary N) is 1. The fourth-order valence-electron chi connectivity index (χ4n) is 1.31. The molecule has 96 valence electrons. The number of hydrogen-bond acceptors (Lipinski definition) is 3. The predicted octanol–water partition coefficient (Wildman–Crippen LogP) is 2.99. The van der Waals surface area contributed by atoms with Gasteiger partial charge in [0.25, 0.3) is 0 Å². The molecule has 3 nitrogen and oxygen atoms in total. The van der Waals surface area contributed by atoms with Gasteiger partial charge in [-0.15, -0.1) is 0 Å². The molecule has 0 radical (unpaired) electrons. The first-order valence-corrected chi connectivity index (χ1v) is 5.42. The standard InChI is InChI=1S/C11H16F3N3/c1-4-15-9-6-8(11(12,13)14)7-10(16-9)17(3)5-2/h6-7H,4-5H2,1-3H3,(H,15,16). The van der Waals surface area contributed by atoms with E-state index < -0.39 is 11.7 Å². The van der Waals surface area contributed by atoms with E-state index in [-0.39, 0.29) is 5.82 Å². The molecule has 1 rings (SSSR count). The molecular formula is C11H16F3N3. The van der Waals surface area contributed by atoms with Crippen molar-refractivity contribution < 1.29 is 13.2 Å². The average Bonchev–Trinajstić information content (AvgIpc) is 2.27. The van der Waals surface area contributed by atoms with E-state index >= 15 is 0 Å². The topological polar surface area (TPSA) is 28.2 Å². The van der Waals surface area contributed by atoms with Crippen molar-refractivity contribution in [3.8, 4) is 0 Å². The highest BCUT2D eigenvalue weighted by Gasteiger charge is 2.31. The Hall–Kier alpha value is -1.46. The maximum Gasteiger partial charge on any atom is 0.416 e. The number of halogens is 3. The Kier molecular flexibility index (Phi) is 4.20. The van der Waals surface area contributed by atoms with Gasteiger partial charge in [0.05, 0.1) is 5.56 Å². The first-order valence-electron chi connectivity index (χ1n) is 5.42. The number of anilines is 2. The van der Waals surface area contributed by atoms with Crippen molar-refractivity contribution >= 4 is 11.6 Å². The maximum absolute atomic E-state index is 12.7. The van der Waals surface area contributed by atoms with Gasteiger partial charge in [0, 0.05) is 20.1 Å². The molecular weight excluding hydrogens is 231 g/mol. The molecule has 0 saturated carbocycles. The van der Waals surface area contributed by atoms with Crippen molar-refractivity contribution in [3.63, 3.8) is 0 Å². The van der Waals surface area contributed by atoms with E-state index in [0.29, 0.717) is 18.9 Å².